The summed E-state index contributed by atoms with van der Waals surface area (Å²) in [5.41, 5.74) is 3.96. The van der Waals surface area contributed by atoms with E-state index in [1.165, 1.54) is 0 Å². The first-order valence-corrected chi connectivity index (χ1v) is 10.9. The van der Waals surface area contributed by atoms with Crippen molar-refractivity contribution in [2.45, 2.75) is 93.4 Å². The van der Waals surface area contributed by atoms with Crippen LogP contribution in [0.4, 0.5) is 0 Å². The minimum Gasteiger partial charge on any atom is -0.507 e. The highest BCUT2D eigenvalue weighted by atomic mass is 16.3. The molecule has 1 aliphatic carbocycles. The summed E-state index contributed by atoms with van der Waals surface area (Å²) in [6.45, 7) is 23.3. The second-order valence-corrected chi connectivity index (χ2v) is 11.5. The number of allylic oxidation sites excluding steroid dienone is 4. The average Bonchev–Trinajstić information content (AvgIpc) is 2.54. The van der Waals surface area contributed by atoms with Crippen LogP contribution in [0.25, 0.3) is 0 Å². The zero-order valence-electron chi connectivity index (χ0n) is 20.3. The Kier molecular flexibility index (Phi) is 6.03. The SMILES string of the molecule is CC(C)c1cc(C2(C)C=C(C(C)(C)C)C(=O)C(C(C)(C)C)=C2)cc(C(C)C)c1O. The molecular formula is C27H40O2. The third-order valence-electron chi connectivity index (χ3n) is 6.03. The van der Waals surface area contributed by atoms with Crippen LogP contribution in [0.3, 0.4) is 0 Å². The zero-order valence-corrected chi connectivity index (χ0v) is 20.3. The number of phenolic OH excluding ortho intramolecular Hbond substituents is 1. The van der Waals surface area contributed by atoms with E-state index in [4.69, 9.17) is 0 Å². The number of ketones is 1. The lowest BCUT2D eigenvalue weighted by molar-refractivity contribution is -0.114. The third-order valence-corrected chi connectivity index (χ3v) is 6.03. The predicted octanol–water partition coefficient (Wildman–Crippen LogP) is 7.42. The number of Topliss-reactive ketones (excluding diaryl/α,β-unsaturated/α-hetero) is 1. The highest BCUT2D eigenvalue weighted by Crippen LogP contribution is 2.46. The van der Waals surface area contributed by atoms with Gasteiger partial charge in [-0.1, -0.05) is 93.5 Å². The predicted molar refractivity (Wildman–Crippen MR) is 124 cm³/mol. The number of hydrogen-bond donors (Lipinski definition) is 1. The summed E-state index contributed by atoms with van der Waals surface area (Å²) >= 11 is 0. The molecule has 0 bridgehead atoms. The van der Waals surface area contributed by atoms with Gasteiger partial charge in [0.25, 0.3) is 0 Å². The van der Waals surface area contributed by atoms with Crippen molar-refractivity contribution in [1.29, 1.82) is 0 Å². The zero-order chi connectivity index (χ0) is 22.5. The largest absolute Gasteiger partial charge is 0.507 e. The Morgan fingerprint density at radius 3 is 1.41 bits per heavy atom. The number of rotatable bonds is 3. The Morgan fingerprint density at radius 2 is 1.14 bits per heavy atom. The topological polar surface area (TPSA) is 37.3 Å². The van der Waals surface area contributed by atoms with Crippen LogP contribution in [0.2, 0.25) is 0 Å². The van der Waals surface area contributed by atoms with E-state index < -0.39 is 5.41 Å². The lowest BCUT2D eigenvalue weighted by atomic mass is 9.65. The van der Waals surface area contributed by atoms with Gasteiger partial charge in [0.1, 0.15) is 5.75 Å². The number of carbonyl (C=O) groups is 1. The van der Waals surface area contributed by atoms with Gasteiger partial charge in [-0.15, -0.1) is 0 Å². The van der Waals surface area contributed by atoms with E-state index in [1.807, 2.05) is 0 Å². The molecule has 0 saturated carbocycles. The third kappa shape index (κ3) is 4.52. The summed E-state index contributed by atoms with van der Waals surface area (Å²) in [6.07, 6.45) is 4.32. The van der Waals surface area contributed by atoms with Crippen molar-refractivity contribution in [3.63, 3.8) is 0 Å². The first-order valence-electron chi connectivity index (χ1n) is 10.9. The molecule has 1 aliphatic rings. The summed E-state index contributed by atoms with van der Waals surface area (Å²) in [7, 11) is 0. The minimum atomic E-state index is -0.403. The quantitative estimate of drug-likeness (QED) is 0.577. The van der Waals surface area contributed by atoms with Crippen molar-refractivity contribution in [1.82, 2.24) is 0 Å². The van der Waals surface area contributed by atoms with E-state index >= 15 is 0 Å². The highest BCUT2D eigenvalue weighted by molar-refractivity contribution is 6.11. The van der Waals surface area contributed by atoms with Gasteiger partial charge in [0.2, 0.25) is 0 Å². The number of aromatic hydroxyl groups is 1. The fourth-order valence-corrected chi connectivity index (χ4v) is 4.07. The van der Waals surface area contributed by atoms with Crippen LogP contribution in [-0.4, -0.2) is 10.9 Å². The van der Waals surface area contributed by atoms with E-state index in [2.05, 4.69) is 100 Å². The van der Waals surface area contributed by atoms with Crippen molar-refractivity contribution in [2.75, 3.05) is 0 Å². The van der Waals surface area contributed by atoms with E-state index in [9.17, 15) is 9.90 Å². The lowest BCUT2D eigenvalue weighted by Gasteiger charge is -2.38. The molecular weight excluding hydrogens is 356 g/mol. The van der Waals surface area contributed by atoms with Gasteiger partial charge in [0, 0.05) is 16.6 Å². The molecule has 1 aromatic carbocycles. The average molecular weight is 397 g/mol. The van der Waals surface area contributed by atoms with Crippen molar-refractivity contribution >= 4 is 5.78 Å². The first kappa shape index (κ1) is 23.4. The summed E-state index contributed by atoms with van der Waals surface area (Å²) in [5, 5.41) is 10.9. The molecule has 0 fully saturated rings. The maximum absolute atomic E-state index is 13.4. The molecule has 2 heteroatoms. The molecule has 0 heterocycles. The molecule has 2 rings (SSSR count). The van der Waals surface area contributed by atoms with E-state index in [-0.39, 0.29) is 28.4 Å². The molecule has 1 aromatic rings. The number of phenols is 1. The molecule has 0 spiro atoms. The van der Waals surface area contributed by atoms with Crippen molar-refractivity contribution < 1.29 is 9.90 Å². The lowest BCUT2D eigenvalue weighted by Crippen LogP contribution is -2.34. The molecule has 0 unspecified atom stereocenters. The summed E-state index contributed by atoms with van der Waals surface area (Å²) in [5.74, 6) is 1.01. The molecule has 0 atom stereocenters. The number of carbonyl (C=O) groups excluding carboxylic acids is 1. The summed E-state index contributed by atoms with van der Waals surface area (Å²) < 4.78 is 0. The van der Waals surface area contributed by atoms with Crippen LogP contribution in [0.1, 0.15) is 105 Å². The summed E-state index contributed by atoms with van der Waals surface area (Å²) in [6, 6.07) is 4.27. The van der Waals surface area contributed by atoms with Crippen LogP contribution < -0.4 is 0 Å². The maximum atomic E-state index is 13.4. The Bertz CT molecular complexity index is 802. The standard InChI is InChI=1S/C27H40O2/c1-16(2)19-12-18(13-20(17(3)4)23(19)28)27(11)14-21(25(5,6)7)24(29)22(15-27)26(8,9)10/h12-17,28H,1-11H3. The molecule has 0 aromatic heterocycles. The Balaban J connectivity index is 2.87. The fourth-order valence-electron chi connectivity index (χ4n) is 4.07. The Labute approximate surface area is 178 Å². The summed E-state index contributed by atoms with van der Waals surface area (Å²) in [4.78, 5) is 13.4. The molecule has 160 valence electrons. The Hall–Kier alpha value is -1.83. The van der Waals surface area contributed by atoms with Crippen LogP contribution in [0.15, 0.2) is 35.4 Å². The van der Waals surface area contributed by atoms with Gasteiger partial charge in [0.05, 0.1) is 0 Å². The highest BCUT2D eigenvalue weighted by Gasteiger charge is 2.40. The van der Waals surface area contributed by atoms with E-state index in [0.717, 1.165) is 27.8 Å². The second kappa shape index (κ2) is 7.45. The maximum Gasteiger partial charge on any atom is 0.185 e. The van der Waals surface area contributed by atoms with Gasteiger partial charge in [-0.3, -0.25) is 4.79 Å². The van der Waals surface area contributed by atoms with E-state index in [1.54, 1.807) is 0 Å². The van der Waals surface area contributed by atoms with Crippen molar-refractivity contribution in [3.8, 4) is 5.75 Å². The van der Waals surface area contributed by atoms with Gasteiger partial charge >= 0.3 is 0 Å². The molecule has 2 nitrogen and oxygen atoms in total. The van der Waals surface area contributed by atoms with Crippen molar-refractivity contribution in [2.24, 2.45) is 10.8 Å². The molecule has 1 N–H and O–H groups in total. The van der Waals surface area contributed by atoms with Gasteiger partial charge in [-0.05, 0) is 46.3 Å². The first-order chi connectivity index (χ1) is 13.0. The van der Waals surface area contributed by atoms with Crippen LogP contribution >= 0.6 is 0 Å². The molecule has 29 heavy (non-hydrogen) atoms. The monoisotopic (exact) mass is 396 g/mol. The van der Waals surface area contributed by atoms with E-state index in [0.29, 0.717) is 5.75 Å². The normalized spacial score (nSPS) is 17.6. The van der Waals surface area contributed by atoms with Crippen LogP contribution in [-0.2, 0) is 10.2 Å². The van der Waals surface area contributed by atoms with Crippen LogP contribution in [0, 0.1) is 10.8 Å². The molecule has 0 radical (unpaired) electrons. The minimum absolute atomic E-state index is 0.161. The molecule has 0 saturated heterocycles. The fraction of sp³-hybridized carbons (Fsp3) is 0.593. The van der Waals surface area contributed by atoms with Gasteiger partial charge in [0.15, 0.2) is 5.78 Å². The van der Waals surface area contributed by atoms with Crippen molar-refractivity contribution in [3.05, 3.63) is 52.1 Å². The number of benzene rings is 1. The smallest absolute Gasteiger partial charge is 0.185 e. The molecule has 0 amide bonds. The van der Waals surface area contributed by atoms with Gasteiger partial charge in [-0.2, -0.15) is 0 Å². The van der Waals surface area contributed by atoms with Gasteiger partial charge in [-0.25, -0.2) is 0 Å². The molecule has 0 aliphatic heterocycles. The second-order valence-electron chi connectivity index (χ2n) is 11.5. The Morgan fingerprint density at radius 1 is 0.793 bits per heavy atom. The van der Waals surface area contributed by atoms with Crippen LogP contribution in [0.5, 0.6) is 5.75 Å². The van der Waals surface area contributed by atoms with Gasteiger partial charge < -0.3 is 5.11 Å². The number of hydrogen-bond acceptors (Lipinski definition) is 2.